The first-order valence-electron chi connectivity index (χ1n) is 5.34. The van der Waals surface area contributed by atoms with Gasteiger partial charge in [-0.1, -0.05) is 32.9 Å². The number of benzene rings is 1. The van der Waals surface area contributed by atoms with Gasteiger partial charge in [-0.25, -0.2) is 0 Å². The smallest absolute Gasteiger partial charge is 0.123 e. The Kier molecular flexibility index (Phi) is 2.50. The second-order valence-corrected chi connectivity index (χ2v) is 4.99. The topological polar surface area (TPSA) is 33.4 Å². The molecule has 1 heterocycles. The Balaban J connectivity index is 2.46. The fraction of sp³-hybridized carbons (Fsp3) is 0.286. The van der Waals surface area contributed by atoms with Crippen LogP contribution >= 0.6 is 0 Å². The fourth-order valence-electron chi connectivity index (χ4n) is 1.66. The number of hydrogen-bond acceptors (Lipinski definition) is 2. The number of furan rings is 1. The Morgan fingerprint density at radius 3 is 2.38 bits per heavy atom. The van der Waals surface area contributed by atoms with E-state index >= 15 is 0 Å². The number of phenols is 1. The van der Waals surface area contributed by atoms with Gasteiger partial charge in [-0.2, -0.15) is 0 Å². The molecule has 0 aliphatic heterocycles. The highest BCUT2D eigenvalue weighted by Crippen LogP contribution is 2.33. The molecular weight excluding hydrogens is 200 g/mol. The van der Waals surface area contributed by atoms with E-state index in [0.29, 0.717) is 5.75 Å². The summed E-state index contributed by atoms with van der Waals surface area (Å²) in [5, 5.41) is 9.98. The van der Waals surface area contributed by atoms with Crippen molar-refractivity contribution in [1.82, 2.24) is 0 Å². The molecule has 0 aliphatic rings. The first-order chi connectivity index (χ1) is 7.48. The minimum Gasteiger partial charge on any atom is -0.507 e. The van der Waals surface area contributed by atoms with E-state index in [1.165, 1.54) is 0 Å². The standard InChI is InChI=1S/C14H16O2/c1-14(2,3)11-4-5-12(13(15)8-11)10-6-7-16-9-10/h4-9,15H,1-3H3. The van der Waals surface area contributed by atoms with Crippen LogP contribution in [0.15, 0.2) is 41.2 Å². The molecule has 84 valence electrons. The van der Waals surface area contributed by atoms with E-state index in [1.54, 1.807) is 12.5 Å². The van der Waals surface area contributed by atoms with Crippen molar-refractivity contribution in [3.8, 4) is 16.9 Å². The van der Waals surface area contributed by atoms with Gasteiger partial charge in [0, 0.05) is 11.1 Å². The fourth-order valence-corrected chi connectivity index (χ4v) is 1.66. The quantitative estimate of drug-likeness (QED) is 0.783. The predicted octanol–water partition coefficient (Wildman–Crippen LogP) is 3.95. The molecule has 0 fully saturated rings. The van der Waals surface area contributed by atoms with Gasteiger partial charge in [0.2, 0.25) is 0 Å². The van der Waals surface area contributed by atoms with Crippen LogP contribution in [-0.2, 0) is 5.41 Å². The van der Waals surface area contributed by atoms with Crippen LogP contribution in [0.2, 0.25) is 0 Å². The van der Waals surface area contributed by atoms with Gasteiger partial charge in [-0.15, -0.1) is 0 Å². The molecule has 0 radical (unpaired) electrons. The van der Waals surface area contributed by atoms with Crippen molar-refractivity contribution in [3.05, 3.63) is 42.4 Å². The van der Waals surface area contributed by atoms with Crippen molar-refractivity contribution >= 4 is 0 Å². The van der Waals surface area contributed by atoms with E-state index in [-0.39, 0.29) is 5.41 Å². The summed E-state index contributed by atoms with van der Waals surface area (Å²) in [4.78, 5) is 0. The van der Waals surface area contributed by atoms with E-state index < -0.39 is 0 Å². The Morgan fingerprint density at radius 1 is 1.12 bits per heavy atom. The Morgan fingerprint density at radius 2 is 1.88 bits per heavy atom. The van der Waals surface area contributed by atoms with E-state index in [4.69, 9.17) is 4.42 Å². The van der Waals surface area contributed by atoms with Crippen LogP contribution in [-0.4, -0.2) is 5.11 Å². The van der Waals surface area contributed by atoms with Gasteiger partial charge >= 0.3 is 0 Å². The molecule has 1 aromatic carbocycles. The van der Waals surface area contributed by atoms with Gasteiger partial charge in [-0.3, -0.25) is 0 Å². The molecule has 0 atom stereocenters. The highest BCUT2D eigenvalue weighted by Gasteiger charge is 2.15. The van der Waals surface area contributed by atoms with Crippen LogP contribution in [0.3, 0.4) is 0 Å². The van der Waals surface area contributed by atoms with Gasteiger partial charge in [0.15, 0.2) is 0 Å². The lowest BCUT2D eigenvalue weighted by molar-refractivity contribution is 0.473. The molecule has 0 saturated heterocycles. The molecule has 0 amide bonds. The number of rotatable bonds is 1. The molecule has 16 heavy (non-hydrogen) atoms. The van der Waals surface area contributed by atoms with Crippen molar-refractivity contribution in [3.63, 3.8) is 0 Å². The molecule has 0 saturated carbocycles. The summed E-state index contributed by atoms with van der Waals surface area (Å²) in [6, 6.07) is 7.64. The third-order valence-electron chi connectivity index (χ3n) is 2.70. The molecule has 1 N–H and O–H groups in total. The zero-order valence-electron chi connectivity index (χ0n) is 9.82. The van der Waals surface area contributed by atoms with Gasteiger partial charge in [0.25, 0.3) is 0 Å². The summed E-state index contributed by atoms with van der Waals surface area (Å²) >= 11 is 0. The highest BCUT2D eigenvalue weighted by atomic mass is 16.3. The van der Waals surface area contributed by atoms with Crippen LogP contribution in [0.25, 0.3) is 11.1 Å². The molecule has 0 aliphatic carbocycles. The van der Waals surface area contributed by atoms with Crippen molar-refractivity contribution in [2.75, 3.05) is 0 Å². The van der Waals surface area contributed by atoms with Gasteiger partial charge < -0.3 is 9.52 Å². The first-order valence-corrected chi connectivity index (χ1v) is 5.34. The summed E-state index contributed by atoms with van der Waals surface area (Å²) in [7, 11) is 0. The Hall–Kier alpha value is -1.70. The van der Waals surface area contributed by atoms with Crippen LogP contribution < -0.4 is 0 Å². The minimum absolute atomic E-state index is 0.0480. The van der Waals surface area contributed by atoms with Gasteiger partial charge in [0.1, 0.15) is 5.75 Å². The van der Waals surface area contributed by atoms with Crippen LogP contribution in [0.4, 0.5) is 0 Å². The van der Waals surface area contributed by atoms with Gasteiger partial charge in [-0.05, 0) is 23.1 Å². The second kappa shape index (κ2) is 3.71. The summed E-state index contributed by atoms with van der Waals surface area (Å²) in [5.74, 6) is 0.300. The minimum atomic E-state index is 0.0480. The Bertz CT molecular complexity index is 476. The van der Waals surface area contributed by atoms with E-state index in [1.807, 2.05) is 24.3 Å². The lowest BCUT2D eigenvalue weighted by atomic mass is 9.86. The monoisotopic (exact) mass is 216 g/mol. The maximum Gasteiger partial charge on any atom is 0.123 e. The second-order valence-electron chi connectivity index (χ2n) is 4.99. The average molecular weight is 216 g/mol. The summed E-state index contributed by atoms with van der Waals surface area (Å²) in [5.41, 5.74) is 2.88. The third kappa shape index (κ3) is 1.96. The predicted molar refractivity (Wildman–Crippen MR) is 64.5 cm³/mol. The molecule has 0 spiro atoms. The maximum atomic E-state index is 9.98. The molecule has 2 rings (SSSR count). The van der Waals surface area contributed by atoms with Gasteiger partial charge in [0.05, 0.1) is 12.5 Å². The first kappa shape index (κ1) is 10.8. The van der Waals surface area contributed by atoms with Crippen LogP contribution in [0, 0.1) is 0 Å². The summed E-state index contributed by atoms with van der Waals surface area (Å²) in [6.45, 7) is 6.37. The lowest BCUT2D eigenvalue weighted by Gasteiger charge is -2.19. The number of hydrogen-bond donors (Lipinski definition) is 1. The van der Waals surface area contributed by atoms with Crippen molar-refractivity contribution < 1.29 is 9.52 Å². The molecular formula is C14H16O2. The molecule has 2 nitrogen and oxygen atoms in total. The molecule has 2 heteroatoms. The molecule has 0 unspecified atom stereocenters. The SMILES string of the molecule is CC(C)(C)c1ccc(-c2ccoc2)c(O)c1. The van der Waals surface area contributed by atoms with Crippen molar-refractivity contribution in [1.29, 1.82) is 0 Å². The molecule has 1 aromatic heterocycles. The maximum absolute atomic E-state index is 9.98. The largest absolute Gasteiger partial charge is 0.507 e. The third-order valence-corrected chi connectivity index (χ3v) is 2.70. The van der Waals surface area contributed by atoms with Crippen molar-refractivity contribution in [2.45, 2.75) is 26.2 Å². The lowest BCUT2D eigenvalue weighted by Crippen LogP contribution is -2.10. The Labute approximate surface area is 95.5 Å². The average Bonchev–Trinajstić information content (AvgIpc) is 2.69. The molecule has 0 bridgehead atoms. The van der Waals surface area contributed by atoms with Crippen molar-refractivity contribution in [2.24, 2.45) is 0 Å². The summed E-state index contributed by atoms with van der Waals surface area (Å²) in [6.07, 6.45) is 3.23. The van der Waals surface area contributed by atoms with E-state index in [0.717, 1.165) is 16.7 Å². The van der Waals surface area contributed by atoms with E-state index in [2.05, 4.69) is 20.8 Å². The zero-order chi connectivity index (χ0) is 11.8. The number of aromatic hydroxyl groups is 1. The van der Waals surface area contributed by atoms with Crippen LogP contribution in [0.5, 0.6) is 5.75 Å². The van der Waals surface area contributed by atoms with Crippen LogP contribution in [0.1, 0.15) is 26.3 Å². The number of phenolic OH excluding ortho intramolecular Hbond substituents is 1. The van der Waals surface area contributed by atoms with E-state index in [9.17, 15) is 5.11 Å². The summed E-state index contributed by atoms with van der Waals surface area (Å²) < 4.78 is 5.01. The highest BCUT2D eigenvalue weighted by molar-refractivity contribution is 5.69. The normalized spacial score (nSPS) is 11.7. The zero-order valence-corrected chi connectivity index (χ0v) is 9.82. The molecule has 2 aromatic rings.